The monoisotopic (exact) mass is 583 g/mol. The molecular weight excluding hydrogens is 542 g/mol. The maximum atomic E-state index is 13.5. The Bertz CT molecular complexity index is 1250. The van der Waals surface area contributed by atoms with Crippen molar-refractivity contribution in [2.45, 2.75) is 64.1 Å². The van der Waals surface area contributed by atoms with Crippen LogP contribution in [0.1, 0.15) is 57.9 Å². The molecule has 228 valence electrons. The summed E-state index contributed by atoms with van der Waals surface area (Å²) in [6.07, 6.45) is 2.72. The van der Waals surface area contributed by atoms with Gasteiger partial charge in [0.1, 0.15) is 24.4 Å². The van der Waals surface area contributed by atoms with Crippen LogP contribution in [0, 0.1) is 16.0 Å². The van der Waals surface area contributed by atoms with Crippen LogP contribution in [0.15, 0.2) is 65.9 Å². The van der Waals surface area contributed by atoms with E-state index < -0.39 is 40.5 Å². The second-order valence-corrected chi connectivity index (χ2v) is 10.6. The van der Waals surface area contributed by atoms with Gasteiger partial charge in [-0.05, 0) is 38.0 Å². The molecular formula is C31H41N3O8. The number of carbonyl (C=O) groups is 2. The number of ether oxygens (including phenoxy) is 3. The zero-order valence-electron chi connectivity index (χ0n) is 24.6. The number of hydrogen-bond acceptors (Lipinski definition) is 10. The molecule has 1 aliphatic heterocycles. The molecule has 0 amide bonds. The first-order valence-corrected chi connectivity index (χ1v) is 14.2. The van der Waals surface area contributed by atoms with E-state index in [1.807, 2.05) is 18.2 Å². The van der Waals surface area contributed by atoms with Gasteiger partial charge in [0.25, 0.3) is 5.69 Å². The average molecular weight is 584 g/mol. The third-order valence-electron chi connectivity index (χ3n) is 7.35. The summed E-state index contributed by atoms with van der Waals surface area (Å²) in [4.78, 5) is 38.1. The molecule has 0 fully saturated rings. The lowest BCUT2D eigenvalue weighted by atomic mass is 9.70. The number of unbranched alkanes of at least 4 members (excludes halogenated alkanes) is 3. The zero-order chi connectivity index (χ0) is 30.7. The highest BCUT2D eigenvalue weighted by atomic mass is 16.6. The van der Waals surface area contributed by atoms with E-state index in [-0.39, 0.29) is 31.0 Å². The Kier molecular flexibility index (Phi) is 11.9. The fourth-order valence-electron chi connectivity index (χ4n) is 5.26. The van der Waals surface area contributed by atoms with Gasteiger partial charge in [-0.25, -0.2) is 4.79 Å². The van der Waals surface area contributed by atoms with Crippen LogP contribution in [0.5, 0.6) is 5.75 Å². The number of para-hydroxylation sites is 1. The number of carbonyl (C=O) groups excluding carboxylic acids is 2. The summed E-state index contributed by atoms with van der Waals surface area (Å²) in [6.45, 7) is 5.74. The Balaban J connectivity index is 1.95. The highest BCUT2D eigenvalue weighted by Gasteiger charge is 2.52. The van der Waals surface area contributed by atoms with Crippen molar-refractivity contribution in [2.75, 3.05) is 26.9 Å². The van der Waals surface area contributed by atoms with E-state index in [9.17, 15) is 24.8 Å². The van der Waals surface area contributed by atoms with Gasteiger partial charge in [-0.1, -0.05) is 56.5 Å². The first kappa shape index (κ1) is 32.6. The third-order valence-corrected chi connectivity index (χ3v) is 7.35. The van der Waals surface area contributed by atoms with Crippen LogP contribution in [0.2, 0.25) is 0 Å². The number of hydrogen-bond donors (Lipinski definition) is 3. The fourth-order valence-corrected chi connectivity index (χ4v) is 5.26. The van der Waals surface area contributed by atoms with Crippen LogP contribution in [0.3, 0.4) is 0 Å². The Morgan fingerprint density at radius 3 is 2.55 bits per heavy atom. The zero-order valence-corrected chi connectivity index (χ0v) is 24.6. The number of rotatable bonds is 15. The van der Waals surface area contributed by atoms with Crippen LogP contribution in [-0.2, 0) is 19.1 Å². The molecule has 1 heterocycles. The summed E-state index contributed by atoms with van der Waals surface area (Å²) in [7, 11) is 1.24. The molecule has 0 spiro atoms. The number of nitrogens with zero attached hydrogens (tertiary/aromatic N) is 1. The van der Waals surface area contributed by atoms with Crippen molar-refractivity contribution < 1.29 is 33.8 Å². The SMILES string of the molecule is CCCCCCOC(=O)C1=C(C)NC(C)(NCC(O)COc2ccccc2)C(C(=O)OC)C1c1cccc([N+](=O)[O-])c1. The van der Waals surface area contributed by atoms with E-state index in [0.29, 0.717) is 23.4 Å². The van der Waals surface area contributed by atoms with Crippen molar-refractivity contribution in [3.63, 3.8) is 0 Å². The number of benzene rings is 2. The maximum absolute atomic E-state index is 13.5. The summed E-state index contributed by atoms with van der Waals surface area (Å²) < 4.78 is 16.5. The van der Waals surface area contributed by atoms with Gasteiger partial charge < -0.3 is 24.6 Å². The molecule has 2 aromatic carbocycles. The molecule has 0 aromatic heterocycles. The predicted molar refractivity (Wildman–Crippen MR) is 157 cm³/mol. The number of nitrogens with one attached hydrogen (secondary N) is 2. The smallest absolute Gasteiger partial charge is 0.336 e. The molecule has 4 unspecified atom stereocenters. The van der Waals surface area contributed by atoms with Crippen molar-refractivity contribution in [1.82, 2.24) is 10.6 Å². The molecule has 0 saturated carbocycles. The highest BCUT2D eigenvalue weighted by molar-refractivity contribution is 5.93. The second-order valence-electron chi connectivity index (χ2n) is 10.6. The number of aliphatic hydroxyl groups is 1. The van der Waals surface area contributed by atoms with Crippen LogP contribution in [-0.4, -0.2) is 60.6 Å². The molecule has 1 aliphatic rings. The van der Waals surface area contributed by atoms with Crippen molar-refractivity contribution in [2.24, 2.45) is 5.92 Å². The molecule has 4 atom stereocenters. The minimum absolute atomic E-state index is 0.00524. The standard InChI is InChI=1S/C31H41N3O8/c1-5-6-7-11-17-41-29(36)26-21(2)33-31(3,32-19-24(35)20-42-25-15-9-8-10-16-25)28(30(37)40-4)27(26)22-13-12-14-23(18-22)34(38)39/h8-10,12-16,18,24,27-28,32-33,35H,5-7,11,17,19-20H2,1-4H3. The van der Waals surface area contributed by atoms with Crippen molar-refractivity contribution in [3.8, 4) is 5.75 Å². The number of methoxy groups -OCH3 is 1. The molecule has 0 radical (unpaired) electrons. The topological polar surface area (TPSA) is 149 Å². The van der Waals surface area contributed by atoms with Crippen LogP contribution in [0.4, 0.5) is 5.69 Å². The third kappa shape index (κ3) is 8.29. The average Bonchev–Trinajstić information content (AvgIpc) is 2.98. The van der Waals surface area contributed by atoms with Gasteiger partial charge in [-0.2, -0.15) is 0 Å². The van der Waals surface area contributed by atoms with Crippen molar-refractivity contribution in [1.29, 1.82) is 0 Å². The number of aliphatic hydroxyl groups excluding tert-OH is 1. The van der Waals surface area contributed by atoms with Gasteiger partial charge in [-0.15, -0.1) is 0 Å². The summed E-state index contributed by atoms with van der Waals surface area (Å²) in [5.74, 6) is -2.67. The normalized spacial score (nSPS) is 20.8. The molecule has 42 heavy (non-hydrogen) atoms. The lowest BCUT2D eigenvalue weighted by molar-refractivity contribution is -0.384. The lowest BCUT2D eigenvalue weighted by Crippen LogP contribution is -2.66. The first-order chi connectivity index (χ1) is 20.1. The van der Waals surface area contributed by atoms with Gasteiger partial charge >= 0.3 is 11.9 Å². The predicted octanol–water partition coefficient (Wildman–Crippen LogP) is 4.21. The van der Waals surface area contributed by atoms with E-state index in [1.165, 1.54) is 25.3 Å². The summed E-state index contributed by atoms with van der Waals surface area (Å²) in [5, 5.41) is 28.8. The Labute approximate surface area is 246 Å². The highest BCUT2D eigenvalue weighted by Crippen LogP contribution is 2.44. The molecule has 11 heteroatoms. The van der Waals surface area contributed by atoms with Gasteiger partial charge in [0, 0.05) is 30.3 Å². The summed E-state index contributed by atoms with van der Waals surface area (Å²) in [6, 6.07) is 14.9. The van der Waals surface area contributed by atoms with Crippen LogP contribution in [0.25, 0.3) is 0 Å². The van der Waals surface area contributed by atoms with Crippen molar-refractivity contribution >= 4 is 17.6 Å². The molecule has 0 saturated heterocycles. The number of nitro benzene ring substituents is 1. The quantitative estimate of drug-likeness (QED) is 0.120. The van der Waals surface area contributed by atoms with Gasteiger partial charge in [0.2, 0.25) is 0 Å². The number of non-ortho nitro benzene ring substituents is 1. The first-order valence-electron chi connectivity index (χ1n) is 14.2. The molecule has 0 bridgehead atoms. The summed E-state index contributed by atoms with van der Waals surface area (Å²) >= 11 is 0. The Morgan fingerprint density at radius 1 is 1.14 bits per heavy atom. The lowest BCUT2D eigenvalue weighted by Gasteiger charge is -2.47. The largest absolute Gasteiger partial charge is 0.491 e. The molecule has 2 aromatic rings. The van der Waals surface area contributed by atoms with Crippen LogP contribution < -0.4 is 15.4 Å². The van der Waals surface area contributed by atoms with E-state index >= 15 is 0 Å². The number of esters is 2. The molecule has 3 N–H and O–H groups in total. The van der Waals surface area contributed by atoms with E-state index in [2.05, 4.69) is 17.6 Å². The van der Waals surface area contributed by atoms with E-state index in [0.717, 1.165) is 19.3 Å². The Morgan fingerprint density at radius 2 is 1.88 bits per heavy atom. The van der Waals surface area contributed by atoms with Gasteiger partial charge in [0.15, 0.2) is 0 Å². The molecule has 3 rings (SSSR count). The van der Waals surface area contributed by atoms with E-state index in [4.69, 9.17) is 14.2 Å². The second kappa shape index (κ2) is 15.3. The van der Waals surface area contributed by atoms with Gasteiger partial charge in [-0.3, -0.25) is 20.2 Å². The van der Waals surface area contributed by atoms with E-state index in [1.54, 1.807) is 32.0 Å². The Hall–Kier alpha value is -3.96. The minimum atomic E-state index is -1.23. The minimum Gasteiger partial charge on any atom is -0.491 e. The molecule has 0 aliphatic carbocycles. The van der Waals surface area contributed by atoms with Crippen LogP contribution >= 0.6 is 0 Å². The number of allylic oxidation sites excluding steroid dienone is 1. The number of nitro groups is 1. The van der Waals surface area contributed by atoms with Crippen molar-refractivity contribution in [3.05, 3.63) is 81.5 Å². The fraction of sp³-hybridized carbons (Fsp3) is 0.484. The maximum Gasteiger partial charge on any atom is 0.336 e. The van der Waals surface area contributed by atoms with Gasteiger partial charge in [0.05, 0.1) is 29.9 Å². The summed E-state index contributed by atoms with van der Waals surface area (Å²) in [5.41, 5.74) is -0.392. The molecule has 11 nitrogen and oxygen atoms in total.